The Bertz CT molecular complexity index is 1290. The number of amides is 2. The number of para-hydroxylation sites is 1. The monoisotopic (exact) mass is 632 g/mol. The molecule has 14 heteroatoms. The van der Waals surface area contributed by atoms with Crippen LogP contribution in [0.1, 0.15) is 57.2 Å². The van der Waals surface area contributed by atoms with Gasteiger partial charge in [-0.3, -0.25) is 9.59 Å². The average Bonchev–Trinajstić information content (AvgIpc) is 3.44. The fourth-order valence-corrected chi connectivity index (χ4v) is 5.06. The van der Waals surface area contributed by atoms with Gasteiger partial charge >= 0.3 is 12.1 Å². The van der Waals surface area contributed by atoms with Gasteiger partial charge in [0, 0.05) is 44.8 Å². The van der Waals surface area contributed by atoms with Crippen molar-refractivity contribution in [3.05, 3.63) is 54.1 Å². The molecular formula is C31H45FN6O7. The van der Waals surface area contributed by atoms with Crippen LogP contribution in [0.25, 0.3) is 5.69 Å². The Kier molecular flexibility index (Phi) is 17.1. The lowest BCUT2D eigenvalue weighted by Crippen LogP contribution is -2.56. The van der Waals surface area contributed by atoms with E-state index in [0.717, 1.165) is 12.5 Å². The van der Waals surface area contributed by atoms with E-state index in [0.29, 0.717) is 64.5 Å². The lowest BCUT2D eigenvalue weighted by molar-refractivity contribution is -0.191. The van der Waals surface area contributed by atoms with Gasteiger partial charge in [0.25, 0.3) is 5.91 Å². The molecule has 1 aromatic carbocycles. The standard InChI is InChI=1S/C26H37FN6O3.C3H4O2.CO2.CH4/c1-4-7-23-24(29-30-33(23)22-9-6-5-8-21(22)27)26(35)32(17-18(2)3)20-14-19(15-28-16-20)25(34)31-10-12-36-13-11-31;1-2-3(4)5;2-1-3;/h5-6,8-9,18-20,28H,4,7,10-17H2,1-3H3;2H,1H2,(H,4,5);;1H4/t19-,20+;;;/m1.../s1. The van der Waals surface area contributed by atoms with E-state index in [-0.39, 0.29) is 54.7 Å². The predicted octanol–water partition coefficient (Wildman–Crippen LogP) is 2.60. The van der Waals surface area contributed by atoms with Crippen molar-refractivity contribution in [2.24, 2.45) is 11.8 Å². The summed E-state index contributed by atoms with van der Waals surface area (Å²) >= 11 is 0. The highest BCUT2D eigenvalue weighted by atomic mass is 19.1. The van der Waals surface area contributed by atoms with Crippen molar-refractivity contribution in [3.63, 3.8) is 0 Å². The van der Waals surface area contributed by atoms with Gasteiger partial charge in [-0.1, -0.05) is 58.5 Å². The summed E-state index contributed by atoms with van der Waals surface area (Å²) in [6.45, 7) is 13.2. The van der Waals surface area contributed by atoms with E-state index in [1.54, 1.807) is 18.2 Å². The molecule has 0 spiro atoms. The summed E-state index contributed by atoms with van der Waals surface area (Å²) < 4.78 is 21.4. The second-order valence-corrected chi connectivity index (χ2v) is 10.7. The van der Waals surface area contributed by atoms with Crippen LogP contribution in [-0.2, 0) is 30.3 Å². The average molecular weight is 633 g/mol. The van der Waals surface area contributed by atoms with Crippen molar-refractivity contribution >= 4 is 23.9 Å². The third-order valence-electron chi connectivity index (χ3n) is 6.97. The van der Waals surface area contributed by atoms with Crippen LogP contribution < -0.4 is 5.32 Å². The Labute approximate surface area is 263 Å². The highest BCUT2D eigenvalue weighted by Crippen LogP contribution is 2.24. The second kappa shape index (κ2) is 19.9. The van der Waals surface area contributed by atoms with Crippen LogP contribution in [0, 0.1) is 17.7 Å². The number of carbonyl (C=O) groups excluding carboxylic acids is 4. The third kappa shape index (κ3) is 11.3. The van der Waals surface area contributed by atoms with Gasteiger partial charge in [-0.25, -0.2) is 13.9 Å². The zero-order valence-corrected chi connectivity index (χ0v) is 25.4. The molecule has 2 fully saturated rings. The Morgan fingerprint density at radius 2 is 1.84 bits per heavy atom. The number of benzene rings is 1. The fraction of sp³-hybridized carbons (Fsp3) is 0.548. The molecule has 248 valence electrons. The summed E-state index contributed by atoms with van der Waals surface area (Å²) in [4.78, 5) is 56.3. The molecule has 45 heavy (non-hydrogen) atoms. The molecule has 3 heterocycles. The van der Waals surface area contributed by atoms with Crippen molar-refractivity contribution in [2.75, 3.05) is 45.9 Å². The number of nitrogens with one attached hydrogen (secondary N) is 1. The number of aromatic nitrogens is 3. The minimum atomic E-state index is -0.981. The maximum atomic E-state index is 14.6. The van der Waals surface area contributed by atoms with Gasteiger partial charge in [0.2, 0.25) is 5.91 Å². The number of hydrogen-bond acceptors (Lipinski definition) is 9. The summed E-state index contributed by atoms with van der Waals surface area (Å²) in [6, 6.07) is 6.21. The molecule has 2 atom stereocenters. The quantitative estimate of drug-likeness (QED) is 0.393. The first-order valence-electron chi connectivity index (χ1n) is 14.5. The van der Waals surface area contributed by atoms with Crippen LogP contribution in [0.5, 0.6) is 0 Å². The second-order valence-electron chi connectivity index (χ2n) is 10.7. The first kappa shape index (κ1) is 38.8. The number of aliphatic carboxylic acids is 1. The molecule has 2 saturated heterocycles. The molecule has 0 unspecified atom stereocenters. The molecule has 4 rings (SSSR count). The van der Waals surface area contributed by atoms with E-state index in [9.17, 15) is 18.8 Å². The minimum Gasteiger partial charge on any atom is -0.478 e. The van der Waals surface area contributed by atoms with Crippen molar-refractivity contribution < 1.29 is 38.2 Å². The summed E-state index contributed by atoms with van der Waals surface area (Å²) in [5.74, 6) is -1.48. The summed E-state index contributed by atoms with van der Waals surface area (Å²) in [5.41, 5.74) is 1.13. The normalized spacial score (nSPS) is 17.3. The Morgan fingerprint density at radius 1 is 1.22 bits per heavy atom. The molecule has 0 radical (unpaired) electrons. The molecule has 2 amide bonds. The highest BCUT2D eigenvalue weighted by Gasteiger charge is 2.37. The summed E-state index contributed by atoms with van der Waals surface area (Å²) in [5, 5.41) is 19.4. The number of hydrogen-bond donors (Lipinski definition) is 2. The van der Waals surface area contributed by atoms with Crippen molar-refractivity contribution in [1.82, 2.24) is 30.1 Å². The van der Waals surface area contributed by atoms with Gasteiger partial charge in [-0.2, -0.15) is 9.59 Å². The van der Waals surface area contributed by atoms with Gasteiger partial charge < -0.3 is 25.0 Å². The number of carboxylic acids is 1. The largest absolute Gasteiger partial charge is 0.478 e. The van der Waals surface area contributed by atoms with Gasteiger partial charge in [0.15, 0.2) is 5.69 Å². The molecule has 2 aromatic rings. The third-order valence-corrected chi connectivity index (χ3v) is 6.97. The number of carboxylic acid groups (broad SMARTS) is 1. The van der Waals surface area contributed by atoms with E-state index >= 15 is 0 Å². The van der Waals surface area contributed by atoms with E-state index in [1.165, 1.54) is 10.7 Å². The smallest absolute Gasteiger partial charge is 0.373 e. The maximum absolute atomic E-state index is 14.6. The number of piperidine rings is 1. The summed E-state index contributed by atoms with van der Waals surface area (Å²) in [6.07, 6.45) is 2.97. The molecule has 2 aliphatic rings. The highest BCUT2D eigenvalue weighted by molar-refractivity contribution is 5.94. The van der Waals surface area contributed by atoms with Crippen LogP contribution >= 0.6 is 0 Å². The van der Waals surface area contributed by atoms with Crippen molar-refractivity contribution in [2.45, 2.75) is 53.5 Å². The maximum Gasteiger partial charge on any atom is 0.373 e. The zero-order chi connectivity index (χ0) is 32.6. The minimum absolute atomic E-state index is 0. The van der Waals surface area contributed by atoms with Gasteiger partial charge in [-0.15, -0.1) is 5.10 Å². The van der Waals surface area contributed by atoms with Crippen LogP contribution in [0.4, 0.5) is 4.39 Å². The van der Waals surface area contributed by atoms with Crippen molar-refractivity contribution in [1.29, 1.82) is 0 Å². The van der Waals surface area contributed by atoms with E-state index in [4.69, 9.17) is 19.4 Å². The lowest BCUT2D eigenvalue weighted by atomic mass is 9.92. The molecule has 0 bridgehead atoms. The zero-order valence-electron chi connectivity index (χ0n) is 25.4. The number of halogens is 1. The molecule has 2 aliphatic heterocycles. The van der Waals surface area contributed by atoms with Gasteiger partial charge in [-0.05, 0) is 30.9 Å². The molecule has 1 aromatic heterocycles. The SMILES string of the molecule is C.C=CC(=O)O.CCCc1c(C(=O)N(CC(C)C)[C@@H]2CNC[C@H](C(=O)N3CCOCC3)C2)nnn1-c1ccccc1F.O=C=O. The molecule has 0 aliphatic carbocycles. The van der Waals surface area contributed by atoms with Crippen LogP contribution in [0.3, 0.4) is 0 Å². The number of ether oxygens (including phenoxy) is 1. The molecule has 2 N–H and O–H groups in total. The Hall–Kier alpha value is -4.26. The van der Waals surface area contributed by atoms with E-state index < -0.39 is 11.8 Å². The lowest BCUT2D eigenvalue weighted by Gasteiger charge is -2.40. The Balaban J connectivity index is 0.00000101. The number of morpholine rings is 1. The van der Waals surface area contributed by atoms with Gasteiger partial charge in [0.1, 0.15) is 11.5 Å². The number of rotatable bonds is 9. The van der Waals surface area contributed by atoms with Crippen molar-refractivity contribution in [3.8, 4) is 5.69 Å². The predicted molar refractivity (Wildman–Crippen MR) is 163 cm³/mol. The molecular weight excluding hydrogens is 587 g/mol. The summed E-state index contributed by atoms with van der Waals surface area (Å²) in [7, 11) is 0. The van der Waals surface area contributed by atoms with Crippen LogP contribution in [-0.4, -0.2) is 106 Å². The topological polar surface area (TPSA) is 164 Å². The van der Waals surface area contributed by atoms with E-state index in [1.807, 2.05) is 16.7 Å². The Morgan fingerprint density at radius 3 is 2.40 bits per heavy atom. The number of carbonyl (C=O) groups is 3. The molecule has 0 saturated carbocycles. The van der Waals surface area contributed by atoms with Gasteiger partial charge in [0.05, 0.1) is 24.8 Å². The number of nitrogens with zero attached hydrogens (tertiary/aromatic N) is 5. The first-order chi connectivity index (χ1) is 21.1. The fourth-order valence-electron chi connectivity index (χ4n) is 5.06. The molecule has 13 nitrogen and oxygen atoms in total. The first-order valence-corrected chi connectivity index (χ1v) is 14.5. The van der Waals surface area contributed by atoms with Crippen LogP contribution in [0.2, 0.25) is 0 Å². The van der Waals surface area contributed by atoms with Crippen LogP contribution in [0.15, 0.2) is 36.9 Å². The van der Waals surface area contributed by atoms with E-state index in [2.05, 4.69) is 36.1 Å².